The van der Waals surface area contributed by atoms with Crippen molar-refractivity contribution in [1.82, 2.24) is 4.98 Å². The highest BCUT2D eigenvalue weighted by Gasteiger charge is 2.31. The molecule has 1 aliphatic rings. The van der Waals surface area contributed by atoms with Crippen LogP contribution in [0.25, 0.3) is 0 Å². The normalized spacial score (nSPS) is 20.8. The van der Waals surface area contributed by atoms with Crippen LogP contribution >= 0.6 is 11.3 Å². The Morgan fingerprint density at radius 3 is 3.17 bits per heavy atom. The predicted octanol–water partition coefficient (Wildman–Crippen LogP) is 0.840. The zero-order valence-corrected chi connectivity index (χ0v) is 7.10. The highest BCUT2D eigenvalue weighted by molar-refractivity contribution is 7.15. The lowest BCUT2D eigenvalue weighted by Crippen LogP contribution is -2.08. The Kier molecular flexibility index (Phi) is 1.54. The molecule has 0 aliphatic heterocycles. The van der Waals surface area contributed by atoms with Crippen molar-refractivity contribution >= 4 is 22.4 Å². The number of nitrogens with zero attached hydrogens (tertiary/aromatic N) is 1. The number of rotatable bonds is 1. The topological polar surface area (TPSA) is 76.2 Å². The van der Waals surface area contributed by atoms with Gasteiger partial charge in [0.1, 0.15) is 5.92 Å². The summed E-state index contributed by atoms with van der Waals surface area (Å²) in [6.45, 7) is 0. The lowest BCUT2D eigenvalue weighted by Gasteiger charge is -1.99. The summed E-state index contributed by atoms with van der Waals surface area (Å²) < 4.78 is 0. The van der Waals surface area contributed by atoms with E-state index in [0.29, 0.717) is 17.2 Å². The van der Waals surface area contributed by atoms with Gasteiger partial charge in [0.05, 0.1) is 5.69 Å². The minimum atomic E-state index is -0.793. The molecule has 0 radical (unpaired) electrons. The van der Waals surface area contributed by atoms with Crippen LogP contribution in [0.5, 0.6) is 0 Å². The molecule has 0 saturated heterocycles. The summed E-state index contributed by atoms with van der Waals surface area (Å²) in [5.74, 6) is -1.22. The monoisotopic (exact) mass is 184 g/mol. The lowest BCUT2D eigenvalue weighted by molar-refractivity contribution is -0.138. The van der Waals surface area contributed by atoms with Crippen LogP contribution in [-0.4, -0.2) is 16.1 Å². The van der Waals surface area contributed by atoms with Gasteiger partial charge in [-0.15, -0.1) is 11.3 Å². The highest BCUT2D eigenvalue weighted by atomic mass is 32.1. The van der Waals surface area contributed by atoms with Gasteiger partial charge in [0.25, 0.3) is 0 Å². The number of nitrogen functional groups attached to an aromatic ring is 1. The van der Waals surface area contributed by atoms with E-state index in [4.69, 9.17) is 10.8 Å². The SMILES string of the molecule is Nc1nc2c(s1)CCC2C(=O)O. The number of carboxylic acid groups (broad SMARTS) is 1. The van der Waals surface area contributed by atoms with Crippen molar-refractivity contribution in [1.29, 1.82) is 0 Å². The molecule has 0 saturated carbocycles. The van der Waals surface area contributed by atoms with E-state index in [-0.39, 0.29) is 0 Å². The molecule has 5 heteroatoms. The number of nitrogens with two attached hydrogens (primary N) is 1. The van der Waals surface area contributed by atoms with Crippen molar-refractivity contribution in [3.8, 4) is 0 Å². The van der Waals surface area contributed by atoms with Gasteiger partial charge in [0.15, 0.2) is 5.13 Å². The van der Waals surface area contributed by atoms with E-state index in [1.165, 1.54) is 11.3 Å². The summed E-state index contributed by atoms with van der Waals surface area (Å²) >= 11 is 1.40. The number of aryl methyl sites for hydroxylation is 1. The fraction of sp³-hybridized carbons (Fsp3) is 0.429. The molecule has 12 heavy (non-hydrogen) atoms. The van der Waals surface area contributed by atoms with Crippen LogP contribution in [0, 0.1) is 0 Å². The average molecular weight is 184 g/mol. The zero-order chi connectivity index (χ0) is 8.72. The van der Waals surface area contributed by atoms with E-state index in [0.717, 1.165) is 11.3 Å². The van der Waals surface area contributed by atoms with E-state index in [9.17, 15) is 4.79 Å². The Labute approximate surface area is 73.0 Å². The number of aliphatic carboxylic acids is 1. The maximum absolute atomic E-state index is 10.7. The Morgan fingerprint density at radius 1 is 1.75 bits per heavy atom. The number of aromatic nitrogens is 1. The second-order valence-electron chi connectivity index (χ2n) is 2.79. The van der Waals surface area contributed by atoms with Crippen molar-refractivity contribution < 1.29 is 9.90 Å². The quantitative estimate of drug-likeness (QED) is 0.678. The fourth-order valence-electron chi connectivity index (χ4n) is 1.49. The molecular formula is C7H8N2O2S. The summed E-state index contributed by atoms with van der Waals surface area (Å²) in [6.07, 6.45) is 1.48. The number of carboxylic acids is 1. The number of hydrogen-bond acceptors (Lipinski definition) is 4. The predicted molar refractivity (Wildman–Crippen MR) is 45.2 cm³/mol. The first-order valence-electron chi connectivity index (χ1n) is 3.66. The first-order chi connectivity index (χ1) is 5.68. The first kappa shape index (κ1) is 7.54. The molecule has 0 fully saturated rings. The van der Waals surface area contributed by atoms with Gasteiger partial charge >= 0.3 is 5.97 Å². The lowest BCUT2D eigenvalue weighted by atomic mass is 10.1. The molecule has 1 aliphatic carbocycles. The van der Waals surface area contributed by atoms with E-state index in [1.807, 2.05) is 0 Å². The molecule has 3 N–H and O–H groups in total. The van der Waals surface area contributed by atoms with Crippen LogP contribution in [0.2, 0.25) is 0 Å². The second kappa shape index (κ2) is 2.45. The van der Waals surface area contributed by atoms with Crippen LogP contribution in [0.3, 0.4) is 0 Å². The molecule has 0 spiro atoms. The minimum absolute atomic E-state index is 0.423. The Hall–Kier alpha value is -1.10. The number of hydrogen-bond donors (Lipinski definition) is 2. The van der Waals surface area contributed by atoms with E-state index < -0.39 is 11.9 Å². The van der Waals surface area contributed by atoms with Crippen LogP contribution in [0.4, 0.5) is 5.13 Å². The van der Waals surface area contributed by atoms with Crippen LogP contribution in [-0.2, 0) is 11.2 Å². The van der Waals surface area contributed by atoms with Gasteiger partial charge in [-0.25, -0.2) is 4.98 Å². The number of fused-ring (bicyclic) bond motifs is 1. The standard InChI is InChI=1S/C7H8N2O2S/c8-7-9-5-3(6(10)11)1-2-4(5)12-7/h3H,1-2H2,(H2,8,9)(H,10,11). The number of anilines is 1. The third-order valence-electron chi connectivity index (χ3n) is 2.03. The van der Waals surface area contributed by atoms with Gasteiger partial charge in [-0.3, -0.25) is 4.79 Å². The van der Waals surface area contributed by atoms with Crippen LogP contribution in [0.1, 0.15) is 22.9 Å². The Balaban J connectivity index is 2.41. The second-order valence-corrected chi connectivity index (χ2v) is 3.91. The van der Waals surface area contributed by atoms with Gasteiger partial charge in [0.2, 0.25) is 0 Å². The molecule has 0 aromatic carbocycles. The average Bonchev–Trinajstić information content (AvgIpc) is 2.43. The van der Waals surface area contributed by atoms with Crippen molar-refractivity contribution in [3.63, 3.8) is 0 Å². The number of carbonyl (C=O) groups is 1. The molecule has 1 aromatic heterocycles. The van der Waals surface area contributed by atoms with Crippen LogP contribution in [0.15, 0.2) is 0 Å². The zero-order valence-electron chi connectivity index (χ0n) is 6.28. The summed E-state index contributed by atoms with van der Waals surface area (Å²) in [7, 11) is 0. The third kappa shape index (κ3) is 0.972. The molecule has 1 unspecified atom stereocenters. The van der Waals surface area contributed by atoms with Crippen molar-refractivity contribution in [2.24, 2.45) is 0 Å². The molecule has 1 atom stereocenters. The van der Waals surface area contributed by atoms with Crippen LogP contribution < -0.4 is 5.73 Å². The summed E-state index contributed by atoms with van der Waals surface area (Å²) in [6, 6.07) is 0. The summed E-state index contributed by atoms with van der Waals surface area (Å²) in [5.41, 5.74) is 6.15. The van der Waals surface area contributed by atoms with Gasteiger partial charge in [-0.1, -0.05) is 0 Å². The van der Waals surface area contributed by atoms with E-state index in [1.54, 1.807) is 0 Å². The van der Waals surface area contributed by atoms with Crippen molar-refractivity contribution in [3.05, 3.63) is 10.6 Å². The minimum Gasteiger partial charge on any atom is -0.481 e. The maximum Gasteiger partial charge on any atom is 0.312 e. The molecule has 4 nitrogen and oxygen atoms in total. The molecule has 1 heterocycles. The summed E-state index contributed by atoms with van der Waals surface area (Å²) in [5, 5.41) is 9.27. The van der Waals surface area contributed by atoms with E-state index >= 15 is 0 Å². The molecule has 1 aromatic rings. The van der Waals surface area contributed by atoms with Gasteiger partial charge in [-0.2, -0.15) is 0 Å². The van der Waals surface area contributed by atoms with Gasteiger partial charge in [-0.05, 0) is 12.8 Å². The largest absolute Gasteiger partial charge is 0.481 e. The van der Waals surface area contributed by atoms with Gasteiger partial charge < -0.3 is 10.8 Å². The number of thiazole rings is 1. The fourth-order valence-corrected chi connectivity index (χ4v) is 2.40. The smallest absolute Gasteiger partial charge is 0.312 e. The maximum atomic E-state index is 10.7. The molecule has 2 rings (SSSR count). The Bertz CT molecular complexity index is 334. The third-order valence-corrected chi connectivity index (χ3v) is 2.99. The molecule has 64 valence electrons. The molecular weight excluding hydrogens is 176 g/mol. The van der Waals surface area contributed by atoms with Crippen molar-refractivity contribution in [2.45, 2.75) is 18.8 Å². The highest BCUT2D eigenvalue weighted by Crippen LogP contribution is 2.37. The molecule has 0 bridgehead atoms. The van der Waals surface area contributed by atoms with Crippen molar-refractivity contribution in [2.75, 3.05) is 5.73 Å². The summed E-state index contributed by atoms with van der Waals surface area (Å²) in [4.78, 5) is 15.7. The van der Waals surface area contributed by atoms with E-state index in [2.05, 4.69) is 4.98 Å². The Morgan fingerprint density at radius 2 is 2.50 bits per heavy atom. The molecule has 0 amide bonds. The van der Waals surface area contributed by atoms with Gasteiger partial charge in [0, 0.05) is 4.88 Å². The first-order valence-corrected chi connectivity index (χ1v) is 4.48.